The van der Waals surface area contributed by atoms with Gasteiger partial charge in [-0.2, -0.15) is 0 Å². The Morgan fingerprint density at radius 2 is 0.619 bits per heavy atom. The zero-order chi connectivity index (χ0) is 45.8. The van der Waals surface area contributed by atoms with E-state index in [1.165, 1.54) is 77.0 Å². The first-order valence-corrected chi connectivity index (χ1v) is 25.7. The molecule has 0 rings (SSSR count). The Bertz CT molecular complexity index is 1280. The van der Waals surface area contributed by atoms with Crippen LogP contribution < -0.4 is 0 Å². The van der Waals surface area contributed by atoms with Crippen LogP contribution in [-0.2, 0) is 28.6 Å². The number of hydrogen-bond donors (Lipinski definition) is 0. The molecule has 63 heavy (non-hydrogen) atoms. The molecule has 1 unspecified atom stereocenters. The van der Waals surface area contributed by atoms with Gasteiger partial charge >= 0.3 is 17.9 Å². The van der Waals surface area contributed by atoms with Crippen LogP contribution in [0.1, 0.15) is 226 Å². The zero-order valence-electron chi connectivity index (χ0n) is 40.8. The fourth-order valence-electron chi connectivity index (χ4n) is 6.71. The maximum atomic E-state index is 12.8. The zero-order valence-corrected chi connectivity index (χ0v) is 40.8. The van der Waals surface area contributed by atoms with Gasteiger partial charge in [0, 0.05) is 19.3 Å². The molecule has 0 bridgehead atoms. The molecule has 358 valence electrons. The summed E-state index contributed by atoms with van der Waals surface area (Å²) in [7, 11) is 0. The molecular weight excluding hydrogens is 781 g/mol. The molecule has 0 aliphatic heterocycles. The molecule has 0 heterocycles. The number of allylic oxidation sites excluding steroid dienone is 16. The molecule has 0 radical (unpaired) electrons. The highest BCUT2D eigenvalue weighted by Gasteiger charge is 2.19. The van der Waals surface area contributed by atoms with Crippen LogP contribution in [0.5, 0.6) is 0 Å². The van der Waals surface area contributed by atoms with Crippen molar-refractivity contribution in [2.45, 2.75) is 232 Å². The summed E-state index contributed by atoms with van der Waals surface area (Å²) in [4.78, 5) is 37.7. The van der Waals surface area contributed by atoms with E-state index in [9.17, 15) is 14.4 Å². The molecule has 0 aromatic carbocycles. The van der Waals surface area contributed by atoms with Gasteiger partial charge < -0.3 is 14.2 Å². The Morgan fingerprint density at radius 1 is 0.333 bits per heavy atom. The van der Waals surface area contributed by atoms with Gasteiger partial charge in [0.05, 0.1) is 0 Å². The first-order valence-electron chi connectivity index (χ1n) is 25.7. The molecular formula is C57H94O6. The summed E-state index contributed by atoms with van der Waals surface area (Å²) in [6, 6.07) is 0. The van der Waals surface area contributed by atoms with Crippen LogP contribution in [0.4, 0.5) is 0 Å². The maximum Gasteiger partial charge on any atom is 0.306 e. The first-order chi connectivity index (χ1) is 31.0. The minimum atomic E-state index is -0.797. The average Bonchev–Trinajstić information content (AvgIpc) is 3.28. The van der Waals surface area contributed by atoms with Crippen LogP contribution in [-0.4, -0.2) is 37.2 Å². The monoisotopic (exact) mass is 875 g/mol. The SMILES string of the molecule is CC/C=C\C/C=C\C/C=C\C/C=C\C/C=C\C/C=C\CCCCC(=O)OCC(COC(=O)CCCCCCCC)OC(=O)CCCCCCCCC/C=C\C/C=C\CCCCCC. The highest BCUT2D eigenvalue weighted by Crippen LogP contribution is 2.13. The number of rotatable bonds is 45. The molecule has 6 heteroatoms. The maximum absolute atomic E-state index is 12.8. The van der Waals surface area contributed by atoms with E-state index in [-0.39, 0.29) is 31.1 Å². The molecule has 0 aliphatic carbocycles. The van der Waals surface area contributed by atoms with Crippen LogP contribution in [0.15, 0.2) is 97.2 Å². The Kier molecular flexibility index (Phi) is 48.0. The van der Waals surface area contributed by atoms with E-state index in [1.54, 1.807) is 0 Å². The Labute approximate surface area is 387 Å². The fourth-order valence-corrected chi connectivity index (χ4v) is 6.71. The van der Waals surface area contributed by atoms with E-state index >= 15 is 0 Å². The topological polar surface area (TPSA) is 78.9 Å². The van der Waals surface area contributed by atoms with Crippen LogP contribution in [0, 0.1) is 0 Å². The summed E-state index contributed by atoms with van der Waals surface area (Å²) < 4.78 is 16.7. The van der Waals surface area contributed by atoms with E-state index in [1.807, 2.05) is 0 Å². The normalized spacial score (nSPS) is 12.9. The van der Waals surface area contributed by atoms with Crippen molar-refractivity contribution in [3.63, 3.8) is 0 Å². The lowest BCUT2D eigenvalue weighted by molar-refractivity contribution is -0.167. The number of unbranched alkanes of at least 4 members (excludes halogenated alkanes) is 18. The third-order valence-electron chi connectivity index (χ3n) is 10.6. The van der Waals surface area contributed by atoms with Crippen molar-refractivity contribution in [3.8, 4) is 0 Å². The third kappa shape index (κ3) is 49.2. The van der Waals surface area contributed by atoms with Gasteiger partial charge in [0.1, 0.15) is 13.2 Å². The lowest BCUT2D eigenvalue weighted by atomic mass is 10.1. The minimum absolute atomic E-state index is 0.0958. The van der Waals surface area contributed by atoms with Crippen molar-refractivity contribution in [1.82, 2.24) is 0 Å². The Hall–Kier alpha value is -3.67. The molecule has 6 nitrogen and oxygen atoms in total. The molecule has 1 atom stereocenters. The van der Waals surface area contributed by atoms with Gasteiger partial charge in [-0.15, -0.1) is 0 Å². The molecule has 0 saturated heterocycles. The second kappa shape index (κ2) is 51.0. The second-order valence-electron chi connectivity index (χ2n) is 16.7. The third-order valence-corrected chi connectivity index (χ3v) is 10.6. The number of esters is 3. The van der Waals surface area contributed by atoms with Crippen LogP contribution in [0.2, 0.25) is 0 Å². The average molecular weight is 875 g/mol. The molecule has 0 fully saturated rings. The van der Waals surface area contributed by atoms with Gasteiger partial charge in [0.15, 0.2) is 6.10 Å². The molecule has 0 saturated carbocycles. The minimum Gasteiger partial charge on any atom is -0.462 e. The summed E-state index contributed by atoms with van der Waals surface area (Å²) in [6.45, 7) is 6.39. The lowest BCUT2D eigenvalue weighted by Gasteiger charge is -2.18. The van der Waals surface area contributed by atoms with E-state index in [0.717, 1.165) is 109 Å². The summed E-state index contributed by atoms with van der Waals surface area (Å²) in [5, 5.41) is 0. The number of carbonyl (C=O) groups excluding carboxylic acids is 3. The predicted octanol–water partition coefficient (Wildman–Crippen LogP) is 17.0. The number of hydrogen-bond acceptors (Lipinski definition) is 6. The van der Waals surface area contributed by atoms with Gasteiger partial charge in [-0.1, -0.05) is 201 Å². The highest BCUT2D eigenvalue weighted by atomic mass is 16.6. The Morgan fingerprint density at radius 3 is 1.02 bits per heavy atom. The molecule has 0 aromatic rings. The van der Waals surface area contributed by atoms with Gasteiger partial charge in [-0.25, -0.2) is 0 Å². The van der Waals surface area contributed by atoms with Crippen LogP contribution >= 0.6 is 0 Å². The quantitative estimate of drug-likeness (QED) is 0.0262. The second-order valence-corrected chi connectivity index (χ2v) is 16.7. The van der Waals surface area contributed by atoms with Crippen molar-refractivity contribution in [3.05, 3.63) is 97.2 Å². The van der Waals surface area contributed by atoms with E-state index < -0.39 is 6.10 Å². The summed E-state index contributed by atoms with van der Waals surface area (Å²) in [6.07, 6.45) is 67.0. The summed E-state index contributed by atoms with van der Waals surface area (Å²) in [5.74, 6) is -0.963. The molecule has 0 aliphatic rings. The highest BCUT2D eigenvalue weighted by molar-refractivity contribution is 5.71. The summed E-state index contributed by atoms with van der Waals surface area (Å²) >= 11 is 0. The van der Waals surface area contributed by atoms with Crippen molar-refractivity contribution in [1.29, 1.82) is 0 Å². The van der Waals surface area contributed by atoms with E-state index in [4.69, 9.17) is 14.2 Å². The van der Waals surface area contributed by atoms with Gasteiger partial charge in [-0.3, -0.25) is 14.4 Å². The molecule has 0 aromatic heterocycles. The Balaban J connectivity index is 4.33. The van der Waals surface area contributed by atoms with Crippen molar-refractivity contribution < 1.29 is 28.6 Å². The largest absolute Gasteiger partial charge is 0.462 e. The van der Waals surface area contributed by atoms with Gasteiger partial charge in [0.25, 0.3) is 0 Å². The lowest BCUT2D eigenvalue weighted by Crippen LogP contribution is -2.30. The first kappa shape index (κ1) is 59.3. The van der Waals surface area contributed by atoms with Crippen LogP contribution in [0.25, 0.3) is 0 Å². The summed E-state index contributed by atoms with van der Waals surface area (Å²) in [5.41, 5.74) is 0. The molecule has 0 N–H and O–H groups in total. The molecule has 0 amide bonds. The predicted molar refractivity (Wildman–Crippen MR) is 270 cm³/mol. The standard InChI is InChI=1S/C57H94O6/c1-4-7-10-13-16-18-20-22-24-26-28-29-30-32-33-35-37-39-41-44-47-50-56(59)62-53-54(52-61-55(58)49-46-43-15-12-9-6-3)63-57(60)51-48-45-42-40-38-36-34-31-27-25-23-21-19-17-14-11-8-5-2/h7,10,16,18-19,21-22,24-25,27-29,32-33,37,39,54H,4-6,8-9,11-15,17,20,23,26,30-31,34-36,38,40-53H2,1-3H3/b10-7-,18-16-,21-19-,24-22-,27-25-,29-28-,33-32-,39-37-. The smallest absolute Gasteiger partial charge is 0.306 e. The van der Waals surface area contributed by atoms with E-state index in [0.29, 0.717) is 19.3 Å². The number of ether oxygens (including phenoxy) is 3. The number of carbonyl (C=O) groups is 3. The molecule has 0 spiro atoms. The van der Waals surface area contributed by atoms with Gasteiger partial charge in [0.2, 0.25) is 0 Å². The van der Waals surface area contributed by atoms with Crippen molar-refractivity contribution in [2.24, 2.45) is 0 Å². The van der Waals surface area contributed by atoms with Gasteiger partial charge in [-0.05, 0) is 103 Å². The fraction of sp³-hybridized carbons (Fsp3) is 0.667. The van der Waals surface area contributed by atoms with Crippen molar-refractivity contribution in [2.75, 3.05) is 13.2 Å². The van der Waals surface area contributed by atoms with E-state index in [2.05, 4.69) is 118 Å². The van der Waals surface area contributed by atoms with Crippen LogP contribution in [0.3, 0.4) is 0 Å². The van der Waals surface area contributed by atoms with Crippen molar-refractivity contribution >= 4 is 17.9 Å².